The van der Waals surface area contributed by atoms with Crippen molar-refractivity contribution in [3.8, 4) is 0 Å². The number of hydrogen-bond donors (Lipinski definition) is 1. The van der Waals surface area contributed by atoms with Crippen LogP contribution in [0.2, 0.25) is 4.34 Å². The number of aromatic nitrogens is 2. The quantitative estimate of drug-likeness (QED) is 0.600. The molecule has 0 spiro atoms. The predicted octanol–water partition coefficient (Wildman–Crippen LogP) is 5.36. The molecule has 2 aromatic heterocycles. The van der Waals surface area contributed by atoms with Crippen molar-refractivity contribution in [2.75, 3.05) is 18.5 Å². The predicted molar refractivity (Wildman–Crippen MR) is 119 cm³/mol. The van der Waals surface area contributed by atoms with Crippen molar-refractivity contribution in [3.63, 3.8) is 0 Å². The molecule has 0 bridgehead atoms. The Bertz CT molecular complexity index is 931. The average molecular weight is 451 g/mol. The van der Waals surface area contributed by atoms with Crippen molar-refractivity contribution < 1.29 is 14.3 Å². The highest BCUT2D eigenvalue weighted by atomic mass is 35.5. The van der Waals surface area contributed by atoms with Gasteiger partial charge in [0.25, 0.3) is 5.91 Å². The maximum absolute atomic E-state index is 13.0. The van der Waals surface area contributed by atoms with Crippen LogP contribution in [0.5, 0.6) is 0 Å². The van der Waals surface area contributed by atoms with E-state index in [1.807, 2.05) is 39.0 Å². The number of ether oxygens (including phenoxy) is 1. The van der Waals surface area contributed by atoms with E-state index in [0.717, 1.165) is 17.7 Å². The monoisotopic (exact) mass is 450 g/mol. The van der Waals surface area contributed by atoms with Gasteiger partial charge in [0.2, 0.25) is 0 Å². The Labute approximate surface area is 185 Å². The molecule has 162 valence electrons. The molecule has 1 aliphatic heterocycles. The number of nitrogens with zero attached hydrogens (tertiary/aromatic N) is 3. The molecule has 7 nitrogen and oxygen atoms in total. The number of halogens is 1. The van der Waals surface area contributed by atoms with E-state index in [1.165, 1.54) is 16.0 Å². The maximum Gasteiger partial charge on any atom is 0.410 e. The Kier molecular flexibility index (Phi) is 6.88. The van der Waals surface area contributed by atoms with E-state index in [9.17, 15) is 9.59 Å². The molecule has 1 aliphatic rings. The van der Waals surface area contributed by atoms with E-state index in [-0.39, 0.29) is 18.6 Å². The molecule has 0 saturated carbocycles. The third-order valence-corrected chi connectivity index (χ3v) is 6.02. The van der Waals surface area contributed by atoms with Crippen molar-refractivity contribution in [2.24, 2.45) is 5.41 Å². The van der Waals surface area contributed by atoms with E-state index in [1.54, 1.807) is 11.0 Å². The van der Waals surface area contributed by atoms with Crippen LogP contribution in [0, 0.1) is 5.41 Å². The first-order valence-electron chi connectivity index (χ1n) is 9.88. The number of amides is 1. The van der Waals surface area contributed by atoms with E-state index >= 15 is 0 Å². The molecule has 1 saturated heterocycles. The second-order valence-electron chi connectivity index (χ2n) is 8.20. The van der Waals surface area contributed by atoms with Gasteiger partial charge in [0.05, 0.1) is 22.6 Å². The molecule has 0 radical (unpaired) electrons. The van der Waals surface area contributed by atoms with Gasteiger partial charge < -0.3 is 10.1 Å². The number of likely N-dealkylation sites (tertiary alicyclic amines) is 1. The second kappa shape index (κ2) is 9.22. The molecule has 0 aromatic carbocycles. The lowest BCUT2D eigenvalue weighted by molar-refractivity contribution is 0.0750. The summed E-state index contributed by atoms with van der Waals surface area (Å²) in [5.41, 5.74) is 0.0666. The molecule has 1 fully saturated rings. The molecule has 3 rings (SSSR count). The van der Waals surface area contributed by atoms with Gasteiger partial charge in [-0.05, 0) is 25.0 Å². The summed E-state index contributed by atoms with van der Waals surface area (Å²) in [7, 11) is 0. The normalized spacial score (nSPS) is 16.5. The van der Waals surface area contributed by atoms with E-state index in [0.29, 0.717) is 28.9 Å². The molecule has 1 N–H and O–H groups in total. The Hall–Kier alpha value is -2.32. The number of carbonyl (C=O) groups is 2. The number of nitrogens with one attached hydrogen (secondary N) is 1. The van der Waals surface area contributed by atoms with E-state index in [4.69, 9.17) is 16.3 Å². The van der Waals surface area contributed by atoms with Crippen LogP contribution in [0.25, 0.3) is 0 Å². The highest BCUT2D eigenvalue weighted by Crippen LogP contribution is 2.34. The van der Waals surface area contributed by atoms with Gasteiger partial charge in [0, 0.05) is 22.9 Å². The highest BCUT2D eigenvalue weighted by Gasteiger charge is 2.35. The summed E-state index contributed by atoms with van der Waals surface area (Å²) in [6.45, 7) is 10.4. The number of anilines is 1. The van der Waals surface area contributed by atoms with Gasteiger partial charge in [0.15, 0.2) is 0 Å². The first-order chi connectivity index (χ1) is 14.2. The summed E-state index contributed by atoms with van der Waals surface area (Å²) in [6, 6.07) is 5.41. The molecule has 1 atom stereocenters. The summed E-state index contributed by atoms with van der Waals surface area (Å²) in [5, 5.41) is 7.90. The standard InChI is InChI=1S/C21H27ClN4O3S/c1-5-11-29-20(28)25-10-6-7-16(25)15-12-18(23-13-14-8-9-17(22)30-14)26(24-15)19(27)21(2,3)4/h5,8-9,12,16,23H,1,6-7,10-11,13H2,2-4H3. The Morgan fingerprint density at radius 3 is 2.83 bits per heavy atom. The number of hydrogen-bond acceptors (Lipinski definition) is 6. The number of rotatable bonds is 6. The van der Waals surface area contributed by atoms with Crippen LogP contribution < -0.4 is 5.32 Å². The van der Waals surface area contributed by atoms with Crippen LogP contribution in [0.3, 0.4) is 0 Å². The van der Waals surface area contributed by atoms with Gasteiger partial charge in [0.1, 0.15) is 12.4 Å². The lowest BCUT2D eigenvalue weighted by Gasteiger charge is -2.22. The van der Waals surface area contributed by atoms with E-state index < -0.39 is 11.5 Å². The van der Waals surface area contributed by atoms with Gasteiger partial charge in [-0.1, -0.05) is 45.0 Å². The van der Waals surface area contributed by atoms with Crippen LogP contribution in [0.1, 0.15) is 55.0 Å². The van der Waals surface area contributed by atoms with Gasteiger partial charge in [-0.2, -0.15) is 9.78 Å². The third-order valence-electron chi connectivity index (χ3n) is 4.79. The SMILES string of the molecule is C=CCOC(=O)N1CCCC1c1cc(NCc2ccc(Cl)s2)n(C(=O)C(C)(C)C)n1. The second-order valence-corrected chi connectivity index (χ2v) is 10.00. The lowest BCUT2D eigenvalue weighted by Crippen LogP contribution is -2.32. The number of carbonyl (C=O) groups excluding carboxylic acids is 2. The molecule has 2 aromatic rings. The fraction of sp³-hybridized carbons (Fsp3) is 0.476. The van der Waals surface area contributed by atoms with Gasteiger partial charge >= 0.3 is 6.09 Å². The summed E-state index contributed by atoms with van der Waals surface area (Å²) >= 11 is 7.50. The topological polar surface area (TPSA) is 76.5 Å². The third kappa shape index (κ3) is 5.05. The molecule has 1 amide bonds. The summed E-state index contributed by atoms with van der Waals surface area (Å²) in [4.78, 5) is 28.1. The average Bonchev–Trinajstić information content (AvgIpc) is 3.41. The van der Waals surface area contributed by atoms with Crippen molar-refractivity contribution >= 4 is 40.8 Å². The maximum atomic E-state index is 13.0. The summed E-state index contributed by atoms with van der Waals surface area (Å²) in [6.07, 6.45) is 2.77. The van der Waals surface area contributed by atoms with Crippen LogP contribution >= 0.6 is 22.9 Å². The van der Waals surface area contributed by atoms with Crippen LogP contribution in [-0.4, -0.2) is 39.8 Å². The summed E-state index contributed by atoms with van der Waals surface area (Å²) in [5.74, 6) is 0.472. The first-order valence-corrected chi connectivity index (χ1v) is 11.1. The van der Waals surface area contributed by atoms with Crippen LogP contribution in [-0.2, 0) is 11.3 Å². The first kappa shape index (κ1) is 22.4. The largest absolute Gasteiger partial charge is 0.445 e. The van der Waals surface area contributed by atoms with E-state index in [2.05, 4.69) is 17.0 Å². The van der Waals surface area contributed by atoms with Gasteiger partial charge in [-0.25, -0.2) is 4.79 Å². The molecule has 0 aliphatic carbocycles. The molecular weight excluding hydrogens is 424 g/mol. The van der Waals surface area contributed by atoms with Crippen LogP contribution in [0.4, 0.5) is 10.6 Å². The smallest absolute Gasteiger partial charge is 0.410 e. The van der Waals surface area contributed by atoms with Crippen molar-refractivity contribution in [2.45, 2.75) is 46.2 Å². The fourth-order valence-electron chi connectivity index (χ4n) is 3.29. The molecule has 9 heteroatoms. The Morgan fingerprint density at radius 2 is 2.20 bits per heavy atom. The van der Waals surface area contributed by atoms with Crippen molar-refractivity contribution in [1.82, 2.24) is 14.7 Å². The highest BCUT2D eigenvalue weighted by molar-refractivity contribution is 7.16. The molecule has 30 heavy (non-hydrogen) atoms. The Morgan fingerprint density at radius 1 is 1.43 bits per heavy atom. The van der Waals surface area contributed by atoms with Crippen molar-refractivity contribution in [1.29, 1.82) is 0 Å². The minimum absolute atomic E-state index is 0.126. The minimum Gasteiger partial charge on any atom is -0.445 e. The number of thiophene rings is 1. The lowest BCUT2D eigenvalue weighted by atomic mass is 9.96. The van der Waals surface area contributed by atoms with Crippen LogP contribution in [0.15, 0.2) is 30.9 Å². The zero-order valence-corrected chi connectivity index (χ0v) is 19.1. The Balaban J connectivity index is 1.87. The molecule has 1 unspecified atom stereocenters. The van der Waals surface area contributed by atoms with Crippen molar-refractivity contribution in [3.05, 3.63) is 45.8 Å². The zero-order chi connectivity index (χ0) is 21.9. The van der Waals surface area contributed by atoms with Gasteiger partial charge in [-0.15, -0.1) is 11.3 Å². The molecule has 3 heterocycles. The minimum atomic E-state index is -0.607. The summed E-state index contributed by atoms with van der Waals surface area (Å²) < 4.78 is 7.34. The fourth-order valence-corrected chi connectivity index (χ4v) is 4.32. The van der Waals surface area contributed by atoms with Gasteiger partial charge in [-0.3, -0.25) is 9.69 Å². The zero-order valence-electron chi connectivity index (χ0n) is 17.5. The molecular formula is C21H27ClN4O3S.